The fourth-order valence-corrected chi connectivity index (χ4v) is 4.60. The minimum atomic E-state index is -0.659. The van der Waals surface area contributed by atoms with Crippen LogP contribution in [0.2, 0.25) is 5.02 Å². The summed E-state index contributed by atoms with van der Waals surface area (Å²) in [5, 5.41) is 3.05. The van der Waals surface area contributed by atoms with Crippen LogP contribution >= 0.6 is 22.9 Å². The molecule has 0 radical (unpaired) electrons. The molecule has 6 nitrogen and oxygen atoms in total. The number of aromatic nitrogens is 1. The Bertz CT molecular complexity index is 1330. The van der Waals surface area contributed by atoms with Gasteiger partial charge in [-0.05, 0) is 42.3 Å². The second-order valence-electron chi connectivity index (χ2n) is 7.12. The molecule has 4 aromatic rings. The van der Waals surface area contributed by atoms with Crippen LogP contribution < -0.4 is 15.1 Å². The molecule has 5 rings (SSSR count). The number of ether oxygens (including phenoxy) is 1. The predicted octanol–water partition coefficient (Wildman–Crippen LogP) is 5.44. The van der Waals surface area contributed by atoms with E-state index in [-0.39, 0.29) is 16.8 Å². The highest BCUT2D eigenvalue weighted by molar-refractivity contribution is 7.13. The van der Waals surface area contributed by atoms with E-state index in [0.29, 0.717) is 27.7 Å². The number of benzene rings is 2. The zero-order valence-corrected chi connectivity index (χ0v) is 18.1. The molecule has 0 saturated carbocycles. The second-order valence-corrected chi connectivity index (χ2v) is 8.43. The lowest BCUT2D eigenvalue weighted by molar-refractivity contribution is 0.0971. The van der Waals surface area contributed by atoms with Gasteiger partial charge in [0.05, 0.1) is 23.6 Å². The molecule has 1 aliphatic rings. The standard InChI is InChI=1S/C23H17ClN2O4S/c1-2-10-29-15-6-3-13(4-7-15)19-18-20(27)16-12-14(24)5-8-17(16)30-21(18)22(28)26(19)23-25-9-11-31-23/h3-9,11-12,19H,2,10H2,1H3/t19-/m1/s1. The van der Waals surface area contributed by atoms with Gasteiger partial charge in [-0.1, -0.05) is 30.7 Å². The molecule has 3 heterocycles. The Morgan fingerprint density at radius 3 is 2.71 bits per heavy atom. The molecule has 0 fully saturated rings. The Morgan fingerprint density at radius 1 is 1.19 bits per heavy atom. The van der Waals surface area contributed by atoms with Crippen molar-refractivity contribution in [1.29, 1.82) is 0 Å². The zero-order chi connectivity index (χ0) is 21.5. The summed E-state index contributed by atoms with van der Waals surface area (Å²) in [7, 11) is 0. The summed E-state index contributed by atoms with van der Waals surface area (Å²) < 4.78 is 11.6. The van der Waals surface area contributed by atoms with Crippen molar-refractivity contribution < 1.29 is 13.9 Å². The number of halogens is 1. The molecule has 0 bridgehead atoms. The van der Waals surface area contributed by atoms with E-state index >= 15 is 0 Å². The number of carbonyl (C=O) groups is 1. The monoisotopic (exact) mass is 452 g/mol. The lowest BCUT2D eigenvalue weighted by Crippen LogP contribution is -2.29. The lowest BCUT2D eigenvalue weighted by atomic mass is 9.98. The van der Waals surface area contributed by atoms with Gasteiger partial charge in [0, 0.05) is 16.6 Å². The fourth-order valence-electron chi connectivity index (χ4n) is 3.76. The van der Waals surface area contributed by atoms with Gasteiger partial charge in [-0.2, -0.15) is 0 Å². The van der Waals surface area contributed by atoms with Gasteiger partial charge in [0.25, 0.3) is 5.91 Å². The van der Waals surface area contributed by atoms with Crippen LogP contribution in [-0.2, 0) is 0 Å². The van der Waals surface area contributed by atoms with Crippen molar-refractivity contribution in [2.75, 3.05) is 11.5 Å². The molecule has 1 amide bonds. The lowest BCUT2D eigenvalue weighted by Gasteiger charge is -2.22. The molecule has 0 N–H and O–H groups in total. The number of hydrogen-bond donors (Lipinski definition) is 0. The topological polar surface area (TPSA) is 72.6 Å². The summed E-state index contributed by atoms with van der Waals surface area (Å²) in [6.45, 7) is 2.66. The first-order chi connectivity index (χ1) is 15.1. The number of hydrogen-bond acceptors (Lipinski definition) is 6. The van der Waals surface area contributed by atoms with Gasteiger partial charge >= 0.3 is 0 Å². The Hall–Kier alpha value is -3.16. The van der Waals surface area contributed by atoms with Crippen LogP contribution in [0.5, 0.6) is 5.75 Å². The molecule has 1 aliphatic heterocycles. The van der Waals surface area contributed by atoms with Crippen molar-refractivity contribution in [3.63, 3.8) is 0 Å². The minimum absolute atomic E-state index is 0.0336. The Morgan fingerprint density at radius 2 is 2.00 bits per heavy atom. The summed E-state index contributed by atoms with van der Waals surface area (Å²) in [4.78, 5) is 32.7. The summed E-state index contributed by atoms with van der Waals surface area (Å²) in [6.07, 6.45) is 2.53. The predicted molar refractivity (Wildman–Crippen MR) is 120 cm³/mol. The molecule has 0 unspecified atom stereocenters. The highest BCUT2D eigenvalue weighted by Crippen LogP contribution is 2.42. The zero-order valence-electron chi connectivity index (χ0n) is 16.5. The first kappa shape index (κ1) is 19.8. The van der Waals surface area contributed by atoms with E-state index in [1.165, 1.54) is 16.2 Å². The smallest absolute Gasteiger partial charge is 0.297 e. The van der Waals surface area contributed by atoms with Crippen molar-refractivity contribution in [2.24, 2.45) is 0 Å². The number of carbonyl (C=O) groups excluding carboxylic acids is 1. The summed E-state index contributed by atoms with van der Waals surface area (Å²) >= 11 is 7.44. The van der Waals surface area contributed by atoms with E-state index < -0.39 is 11.9 Å². The third-order valence-electron chi connectivity index (χ3n) is 5.13. The van der Waals surface area contributed by atoms with Crippen LogP contribution in [0.25, 0.3) is 11.0 Å². The third kappa shape index (κ3) is 3.30. The molecule has 31 heavy (non-hydrogen) atoms. The van der Waals surface area contributed by atoms with Gasteiger partial charge in [-0.25, -0.2) is 4.98 Å². The molecule has 8 heteroatoms. The Balaban J connectivity index is 1.71. The Kier molecular flexibility index (Phi) is 5.00. The number of amides is 1. The van der Waals surface area contributed by atoms with E-state index in [9.17, 15) is 9.59 Å². The number of nitrogens with zero attached hydrogens (tertiary/aromatic N) is 2. The van der Waals surface area contributed by atoms with Gasteiger partial charge in [-0.3, -0.25) is 14.5 Å². The molecule has 0 spiro atoms. The summed E-state index contributed by atoms with van der Waals surface area (Å²) in [5.74, 6) is 0.370. The number of thiazole rings is 1. The summed E-state index contributed by atoms with van der Waals surface area (Å²) in [6, 6.07) is 11.5. The maximum absolute atomic E-state index is 13.5. The highest BCUT2D eigenvalue weighted by Gasteiger charge is 2.44. The van der Waals surface area contributed by atoms with E-state index in [0.717, 1.165) is 17.7 Å². The van der Waals surface area contributed by atoms with Gasteiger partial charge in [0.1, 0.15) is 11.3 Å². The van der Waals surface area contributed by atoms with Crippen molar-refractivity contribution in [1.82, 2.24) is 4.98 Å². The van der Waals surface area contributed by atoms with E-state index in [1.807, 2.05) is 31.2 Å². The normalized spacial score (nSPS) is 15.5. The maximum Gasteiger partial charge on any atom is 0.297 e. The molecule has 0 saturated heterocycles. The van der Waals surface area contributed by atoms with E-state index in [4.69, 9.17) is 20.8 Å². The minimum Gasteiger partial charge on any atom is -0.494 e. The first-order valence-electron chi connectivity index (χ1n) is 9.80. The van der Waals surface area contributed by atoms with Crippen LogP contribution in [0.15, 0.2) is 63.3 Å². The molecule has 156 valence electrons. The Labute approximate surface area is 186 Å². The van der Waals surface area contributed by atoms with Crippen LogP contribution in [0, 0.1) is 0 Å². The van der Waals surface area contributed by atoms with Crippen LogP contribution in [0.4, 0.5) is 5.13 Å². The van der Waals surface area contributed by atoms with Gasteiger partial charge in [-0.15, -0.1) is 11.3 Å². The van der Waals surface area contributed by atoms with Gasteiger partial charge in [0.15, 0.2) is 10.6 Å². The number of fused-ring (bicyclic) bond motifs is 2. The SMILES string of the molecule is CCCOc1ccc([C@@H]2c3c(oc4ccc(Cl)cc4c3=O)C(=O)N2c2nccs2)cc1. The van der Waals surface area contributed by atoms with Gasteiger partial charge < -0.3 is 9.15 Å². The molecule has 2 aromatic carbocycles. The largest absolute Gasteiger partial charge is 0.494 e. The number of rotatable bonds is 5. The maximum atomic E-state index is 13.5. The highest BCUT2D eigenvalue weighted by atomic mass is 35.5. The van der Waals surface area contributed by atoms with Crippen molar-refractivity contribution >= 4 is 44.9 Å². The summed E-state index contributed by atoms with van der Waals surface area (Å²) in [5.41, 5.74) is 1.10. The quantitative estimate of drug-likeness (QED) is 0.403. The molecule has 1 atom stereocenters. The van der Waals surface area contributed by atoms with Crippen molar-refractivity contribution in [3.8, 4) is 5.75 Å². The van der Waals surface area contributed by atoms with E-state index in [1.54, 1.807) is 29.8 Å². The van der Waals surface area contributed by atoms with Crippen LogP contribution in [-0.4, -0.2) is 17.5 Å². The van der Waals surface area contributed by atoms with Crippen LogP contribution in [0.3, 0.4) is 0 Å². The number of anilines is 1. The average Bonchev–Trinajstić information content (AvgIpc) is 3.40. The third-order valence-corrected chi connectivity index (χ3v) is 6.13. The molecular weight excluding hydrogens is 436 g/mol. The molecule has 0 aliphatic carbocycles. The fraction of sp³-hybridized carbons (Fsp3) is 0.174. The molecular formula is C23H17ClN2O4S. The second kappa shape index (κ2) is 7.83. The van der Waals surface area contributed by atoms with Gasteiger partial charge in [0.2, 0.25) is 5.76 Å². The average molecular weight is 453 g/mol. The van der Waals surface area contributed by atoms with Crippen LogP contribution in [0.1, 0.15) is 41.1 Å². The van der Waals surface area contributed by atoms with Crippen molar-refractivity contribution in [2.45, 2.75) is 19.4 Å². The first-order valence-corrected chi connectivity index (χ1v) is 11.1. The molecule has 2 aromatic heterocycles. The van der Waals surface area contributed by atoms with Crippen molar-refractivity contribution in [3.05, 3.63) is 86.2 Å². The van der Waals surface area contributed by atoms with E-state index in [2.05, 4.69) is 4.98 Å².